The Bertz CT molecular complexity index is 1010. The molecule has 0 spiro atoms. The van der Waals surface area contributed by atoms with Gasteiger partial charge in [0.25, 0.3) is 0 Å². The molecule has 0 bridgehead atoms. The number of amides is 2. The highest BCUT2D eigenvalue weighted by Crippen LogP contribution is 2.31. The van der Waals surface area contributed by atoms with Gasteiger partial charge < -0.3 is 10.1 Å². The fraction of sp³-hybridized carbons (Fsp3) is 0.308. The quantitative estimate of drug-likeness (QED) is 0.520. The van der Waals surface area contributed by atoms with E-state index < -0.39 is 6.04 Å². The van der Waals surface area contributed by atoms with Crippen LogP contribution < -0.4 is 15.0 Å². The van der Waals surface area contributed by atoms with Crippen molar-refractivity contribution in [1.29, 1.82) is 0 Å². The number of nitrogens with one attached hydrogen (secondary N) is 1. The number of carbonyl (C=O) groups is 2. The third kappa shape index (κ3) is 5.19. The number of thiophene rings is 1. The van der Waals surface area contributed by atoms with Gasteiger partial charge in [0.2, 0.25) is 11.8 Å². The average Bonchev–Trinajstić information content (AvgIpc) is 3.52. The maximum atomic E-state index is 13.6. The average molecular weight is 449 g/mol. The predicted octanol–water partition coefficient (Wildman–Crippen LogP) is 5.13. The number of carbonyl (C=O) groups excluding carboxylic acids is 2. The van der Waals surface area contributed by atoms with Crippen molar-refractivity contribution < 1.29 is 14.3 Å². The second-order valence-corrected chi connectivity index (χ2v) is 9.05. The van der Waals surface area contributed by atoms with E-state index in [-0.39, 0.29) is 24.3 Å². The van der Waals surface area contributed by atoms with Crippen LogP contribution in [0.5, 0.6) is 5.75 Å². The number of anilines is 1. The van der Waals surface area contributed by atoms with Gasteiger partial charge in [-0.3, -0.25) is 14.5 Å². The molecule has 3 aromatic rings. The Morgan fingerprint density at radius 2 is 1.75 bits per heavy atom. The van der Waals surface area contributed by atoms with Crippen molar-refractivity contribution in [3.63, 3.8) is 0 Å². The van der Waals surface area contributed by atoms with E-state index in [0.29, 0.717) is 11.4 Å². The van der Waals surface area contributed by atoms with Crippen LogP contribution in [0.15, 0.2) is 72.1 Å². The van der Waals surface area contributed by atoms with Gasteiger partial charge in [0, 0.05) is 16.6 Å². The molecule has 6 heteroatoms. The van der Waals surface area contributed by atoms with Crippen molar-refractivity contribution in [2.24, 2.45) is 0 Å². The fourth-order valence-electron chi connectivity index (χ4n) is 4.23. The summed E-state index contributed by atoms with van der Waals surface area (Å²) in [4.78, 5) is 29.9. The lowest BCUT2D eigenvalue weighted by Crippen LogP contribution is -2.46. The van der Waals surface area contributed by atoms with E-state index >= 15 is 0 Å². The number of methoxy groups -OCH3 is 1. The van der Waals surface area contributed by atoms with Crippen LogP contribution in [0.4, 0.5) is 5.69 Å². The Balaban J connectivity index is 1.73. The van der Waals surface area contributed by atoms with Crippen LogP contribution in [0.3, 0.4) is 0 Å². The van der Waals surface area contributed by atoms with Crippen LogP contribution in [0.2, 0.25) is 0 Å². The summed E-state index contributed by atoms with van der Waals surface area (Å²) in [6.07, 6.45) is 4.46. The SMILES string of the molecule is COc1ccc(N(C(=O)Cc2cccs2)C(C(=O)NC2CCCC2)c2ccccc2)cc1. The second-order valence-electron chi connectivity index (χ2n) is 8.02. The maximum Gasteiger partial charge on any atom is 0.248 e. The minimum absolute atomic E-state index is 0.118. The van der Waals surface area contributed by atoms with Crippen molar-refractivity contribution >= 4 is 28.8 Å². The molecular weight excluding hydrogens is 420 g/mol. The molecule has 1 aromatic heterocycles. The topological polar surface area (TPSA) is 58.6 Å². The molecular formula is C26H28N2O3S. The molecule has 166 valence electrons. The minimum atomic E-state index is -0.752. The number of hydrogen-bond donors (Lipinski definition) is 1. The van der Waals surface area contributed by atoms with E-state index in [9.17, 15) is 9.59 Å². The molecule has 1 heterocycles. The van der Waals surface area contributed by atoms with Crippen molar-refractivity contribution in [2.75, 3.05) is 12.0 Å². The zero-order valence-corrected chi connectivity index (χ0v) is 19.0. The van der Waals surface area contributed by atoms with Gasteiger partial charge in [-0.2, -0.15) is 0 Å². The molecule has 1 saturated carbocycles. The van der Waals surface area contributed by atoms with Crippen LogP contribution in [-0.4, -0.2) is 25.0 Å². The molecule has 1 aliphatic rings. The molecule has 2 aromatic carbocycles. The van der Waals surface area contributed by atoms with Crippen LogP contribution in [-0.2, 0) is 16.0 Å². The smallest absolute Gasteiger partial charge is 0.248 e. The number of hydrogen-bond acceptors (Lipinski definition) is 4. The highest BCUT2D eigenvalue weighted by molar-refractivity contribution is 7.10. The first kappa shape index (κ1) is 22.1. The third-order valence-corrected chi connectivity index (χ3v) is 6.72. The zero-order chi connectivity index (χ0) is 22.3. The van der Waals surface area contributed by atoms with E-state index in [1.54, 1.807) is 23.3 Å². The Morgan fingerprint density at radius 3 is 2.38 bits per heavy atom. The molecule has 5 nitrogen and oxygen atoms in total. The van der Waals surface area contributed by atoms with Gasteiger partial charge in [-0.15, -0.1) is 11.3 Å². The molecule has 0 radical (unpaired) electrons. The number of benzene rings is 2. The summed E-state index contributed by atoms with van der Waals surface area (Å²) < 4.78 is 5.29. The normalized spacial score (nSPS) is 14.7. The third-order valence-electron chi connectivity index (χ3n) is 5.85. The number of ether oxygens (including phenoxy) is 1. The molecule has 1 atom stereocenters. The van der Waals surface area contributed by atoms with Crippen LogP contribution in [0, 0.1) is 0 Å². The first-order valence-corrected chi connectivity index (χ1v) is 11.9. The Labute approximate surface area is 193 Å². The largest absolute Gasteiger partial charge is 0.497 e. The van der Waals surface area contributed by atoms with Gasteiger partial charge >= 0.3 is 0 Å². The summed E-state index contributed by atoms with van der Waals surface area (Å²) in [5.74, 6) is 0.442. The van der Waals surface area contributed by atoms with Crippen LogP contribution in [0.1, 0.15) is 42.2 Å². The first-order chi connectivity index (χ1) is 15.7. The lowest BCUT2D eigenvalue weighted by Gasteiger charge is -2.32. The molecule has 2 amide bonds. The summed E-state index contributed by atoms with van der Waals surface area (Å²) in [6.45, 7) is 0. The number of rotatable bonds is 8. The highest BCUT2D eigenvalue weighted by Gasteiger charge is 2.34. The van der Waals surface area contributed by atoms with Gasteiger partial charge in [-0.1, -0.05) is 49.2 Å². The summed E-state index contributed by atoms with van der Waals surface area (Å²) in [6, 6.07) is 20.2. The van der Waals surface area contributed by atoms with Crippen molar-refractivity contribution in [3.8, 4) is 5.75 Å². The fourth-order valence-corrected chi connectivity index (χ4v) is 4.93. The van der Waals surface area contributed by atoms with Crippen molar-refractivity contribution in [2.45, 2.75) is 44.2 Å². The van der Waals surface area contributed by atoms with E-state index in [2.05, 4.69) is 5.32 Å². The van der Waals surface area contributed by atoms with E-state index in [1.165, 1.54) is 0 Å². The van der Waals surface area contributed by atoms with Crippen molar-refractivity contribution in [3.05, 3.63) is 82.6 Å². The van der Waals surface area contributed by atoms with Gasteiger partial charge in [0.1, 0.15) is 11.8 Å². The monoisotopic (exact) mass is 448 g/mol. The van der Waals surface area contributed by atoms with Crippen molar-refractivity contribution in [1.82, 2.24) is 5.32 Å². The van der Waals surface area contributed by atoms with E-state index in [1.807, 2.05) is 72.1 Å². The molecule has 1 unspecified atom stereocenters. The summed E-state index contributed by atoms with van der Waals surface area (Å²) >= 11 is 1.54. The molecule has 1 fully saturated rings. The summed E-state index contributed by atoms with van der Waals surface area (Å²) in [7, 11) is 1.61. The van der Waals surface area contributed by atoms with Gasteiger partial charge in [-0.25, -0.2) is 0 Å². The maximum absolute atomic E-state index is 13.6. The minimum Gasteiger partial charge on any atom is -0.497 e. The van der Waals surface area contributed by atoms with Gasteiger partial charge in [-0.05, 0) is 54.1 Å². The molecule has 0 saturated heterocycles. The zero-order valence-electron chi connectivity index (χ0n) is 18.2. The second kappa shape index (κ2) is 10.5. The van der Waals surface area contributed by atoms with Crippen LogP contribution in [0.25, 0.3) is 0 Å². The van der Waals surface area contributed by atoms with Crippen LogP contribution >= 0.6 is 11.3 Å². The lowest BCUT2D eigenvalue weighted by molar-refractivity contribution is -0.127. The molecule has 1 N–H and O–H groups in total. The Morgan fingerprint density at radius 1 is 1.03 bits per heavy atom. The molecule has 1 aliphatic carbocycles. The van der Waals surface area contributed by atoms with E-state index in [4.69, 9.17) is 4.74 Å². The first-order valence-electron chi connectivity index (χ1n) is 11.0. The van der Waals surface area contributed by atoms with E-state index in [0.717, 1.165) is 36.1 Å². The highest BCUT2D eigenvalue weighted by atomic mass is 32.1. The molecule has 32 heavy (non-hydrogen) atoms. The molecule has 4 rings (SSSR count). The Kier molecular flexibility index (Phi) is 7.22. The molecule has 0 aliphatic heterocycles. The summed E-state index contributed by atoms with van der Waals surface area (Å²) in [5, 5.41) is 5.17. The van der Waals surface area contributed by atoms with Gasteiger partial charge in [0.15, 0.2) is 0 Å². The lowest BCUT2D eigenvalue weighted by atomic mass is 10.0. The van der Waals surface area contributed by atoms with Gasteiger partial charge in [0.05, 0.1) is 13.5 Å². The summed E-state index contributed by atoms with van der Waals surface area (Å²) in [5.41, 5.74) is 1.46. The Hall–Kier alpha value is -3.12. The standard InChI is InChI=1S/C26H28N2O3S/c1-31-22-15-13-21(14-16-22)28(24(29)18-23-12-7-17-32-23)25(19-8-3-2-4-9-19)26(30)27-20-10-5-6-11-20/h2-4,7-9,12-17,20,25H,5-6,10-11,18H2,1H3,(H,27,30). The number of nitrogens with zero attached hydrogens (tertiary/aromatic N) is 1. The predicted molar refractivity (Wildman–Crippen MR) is 128 cm³/mol.